The van der Waals surface area contributed by atoms with Gasteiger partial charge in [-0.3, -0.25) is 0 Å². The number of rotatable bonds is 8. The quantitative estimate of drug-likeness (QED) is 0.694. The Kier molecular flexibility index (Phi) is 7.90. The van der Waals surface area contributed by atoms with Crippen LogP contribution in [-0.2, 0) is 14.9 Å². The van der Waals surface area contributed by atoms with Crippen LogP contribution in [-0.4, -0.2) is 45.6 Å². The number of ether oxygens (including phenoxy) is 1. The van der Waals surface area contributed by atoms with Gasteiger partial charge in [-0.15, -0.1) is 0 Å². The largest absolute Gasteiger partial charge is 0.381 e. The molecule has 1 fully saturated rings. The SMILES string of the molecule is CC(C)COCCCNS(=O)(=O)N1CCCCCC1. The second kappa shape index (κ2) is 8.89. The smallest absolute Gasteiger partial charge is 0.279 e. The lowest BCUT2D eigenvalue weighted by Crippen LogP contribution is -2.41. The van der Waals surface area contributed by atoms with Crippen molar-refractivity contribution in [3.63, 3.8) is 0 Å². The Hall–Kier alpha value is -0.170. The molecule has 0 bridgehead atoms. The highest BCUT2D eigenvalue weighted by molar-refractivity contribution is 7.87. The molecule has 1 heterocycles. The van der Waals surface area contributed by atoms with E-state index in [1.807, 2.05) is 0 Å². The van der Waals surface area contributed by atoms with E-state index >= 15 is 0 Å². The van der Waals surface area contributed by atoms with Crippen LogP contribution in [0.4, 0.5) is 0 Å². The summed E-state index contributed by atoms with van der Waals surface area (Å²) in [5.74, 6) is 0.522. The molecule has 0 aromatic heterocycles. The molecule has 1 aliphatic rings. The molecule has 0 aliphatic carbocycles. The minimum atomic E-state index is -3.28. The maximum absolute atomic E-state index is 12.1. The predicted octanol–water partition coefficient (Wildman–Crippen LogP) is 1.76. The molecular formula is C13H28N2O3S. The normalized spacial score (nSPS) is 18.7. The van der Waals surface area contributed by atoms with E-state index in [0.717, 1.165) is 38.7 Å². The molecule has 6 heteroatoms. The second-order valence-electron chi connectivity index (χ2n) is 5.53. The lowest BCUT2D eigenvalue weighted by Gasteiger charge is -2.20. The van der Waals surface area contributed by atoms with Crippen molar-refractivity contribution in [1.29, 1.82) is 0 Å². The third-order valence-electron chi connectivity index (χ3n) is 3.11. The summed E-state index contributed by atoms with van der Waals surface area (Å²) in [4.78, 5) is 0. The minimum Gasteiger partial charge on any atom is -0.381 e. The first-order valence-electron chi connectivity index (χ1n) is 7.35. The van der Waals surface area contributed by atoms with Gasteiger partial charge in [0.05, 0.1) is 0 Å². The molecule has 0 aromatic carbocycles. The Morgan fingerprint density at radius 3 is 2.37 bits per heavy atom. The number of nitrogens with one attached hydrogen (secondary N) is 1. The zero-order valence-corrected chi connectivity index (χ0v) is 13.0. The van der Waals surface area contributed by atoms with Crippen molar-refractivity contribution >= 4 is 10.2 Å². The van der Waals surface area contributed by atoms with Crippen LogP contribution < -0.4 is 4.72 Å². The first-order chi connectivity index (χ1) is 9.02. The lowest BCUT2D eigenvalue weighted by atomic mass is 10.2. The van der Waals surface area contributed by atoms with Crippen molar-refractivity contribution in [3.8, 4) is 0 Å². The van der Waals surface area contributed by atoms with Gasteiger partial charge < -0.3 is 4.74 Å². The topological polar surface area (TPSA) is 58.6 Å². The second-order valence-corrected chi connectivity index (χ2v) is 7.29. The maximum atomic E-state index is 12.1. The van der Waals surface area contributed by atoms with Gasteiger partial charge in [0.2, 0.25) is 0 Å². The van der Waals surface area contributed by atoms with E-state index in [-0.39, 0.29) is 0 Å². The van der Waals surface area contributed by atoms with Gasteiger partial charge >= 0.3 is 0 Å². The molecular weight excluding hydrogens is 264 g/mol. The van der Waals surface area contributed by atoms with Gasteiger partial charge in [-0.1, -0.05) is 26.7 Å². The highest BCUT2D eigenvalue weighted by Gasteiger charge is 2.21. The maximum Gasteiger partial charge on any atom is 0.279 e. The summed E-state index contributed by atoms with van der Waals surface area (Å²) in [6, 6.07) is 0. The molecule has 114 valence electrons. The molecule has 0 aromatic rings. The Morgan fingerprint density at radius 1 is 1.16 bits per heavy atom. The van der Waals surface area contributed by atoms with Crippen LogP contribution in [0, 0.1) is 5.92 Å². The predicted molar refractivity (Wildman–Crippen MR) is 77.2 cm³/mol. The van der Waals surface area contributed by atoms with Gasteiger partial charge in [-0.25, -0.2) is 4.72 Å². The summed E-state index contributed by atoms with van der Waals surface area (Å²) in [6.07, 6.45) is 4.93. The van der Waals surface area contributed by atoms with Crippen LogP contribution in [0.3, 0.4) is 0 Å². The highest BCUT2D eigenvalue weighted by atomic mass is 32.2. The highest BCUT2D eigenvalue weighted by Crippen LogP contribution is 2.12. The summed E-state index contributed by atoms with van der Waals surface area (Å²) in [6.45, 7) is 7.30. The van der Waals surface area contributed by atoms with E-state index in [2.05, 4.69) is 18.6 Å². The van der Waals surface area contributed by atoms with E-state index in [1.165, 1.54) is 0 Å². The fraction of sp³-hybridized carbons (Fsp3) is 1.00. The Balaban J connectivity index is 2.19. The van der Waals surface area contributed by atoms with Gasteiger partial charge in [0.15, 0.2) is 0 Å². The molecule has 19 heavy (non-hydrogen) atoms. The third-order valence-corrected chi connectivity index (χ3v) is 4.72. The average Bonchev–Trinajstić information content (AvgIpc) is 2.62. The number of hydrogen-bond acceptors (Lipinski definition) is 3. The van der Waals surface area contributed by atoms with E-state index in [1.54, 1.807) is 4.31 Å². The zero-order chi connectivity index (χ0) is 14.1. The molecule has 0 spiro atoms. The summed E-state index contributed by atoms with van der Waals surface area (Å²) >= 11 is 0. The van der Waals surface area contributed by atoms with E-state index in [0.29, 0.717) is 32.2 Å². The van der Waals surface area contributed by atoms with Crippen molar-refractivity contribution in [3.05, 3.63) is 0 Å². The number of hydrogen-bond donors (Lipinski definition) is 1. The van der Waals surface area contributed by atoms with Crippen LogP contribution >= 0.6 is 0 Å². The molecule has 0 unspecified atom stereocenters. The molecule has 1 rings (SSSR count). The minimum absolute atomic E-state index is 0.455. The first-order valence-corrected chi connectivity index (χ1v) is 8.79. The van der Waals surface area contributed by atoms with Crippen LogP contribution in [0.25, 0.3) is 0 Å². The van der Waals surface area contributed by atoms with Crippen molar-refractivity contribution in [2.75, 3.05) is 32.8 Å². The summed E-state index contributed by atoms with van der Waals surface area (Å²) in [5.41, 5.74) is 0. The molecule has 5 nitrogen and oxygen atoms in total. The Morgan fingerprint density at radius 2 is 1.79 bits per heavy atom. The van der Waals surface area contributed by atoms with Gasteiger partial charge in [0, 0.05) is 32.8 Å². The van der Waals surface area contributed by atoms with Gasteiger partial charge in [0.25, 0.3) is 10.2 Å². The molecule has 1 N–H and O–H groups in total. The van der Waals surface area contributed by atoms with Crippen molar-refractivity contribution in [2.24, 2.45) is 5.92 Å². The van der Waals surface area contributed by atoms with E-state index in [9.17, 15) is 8.42 Å². The fourth-order valence-electron chi connectivity index (χ4n) is 2.07. The lowest BCUT2D eigenvalue weighted by molar-refractivity contribution is 0.108. The molecule has 1 saturated heterocycles. The molecule has 1 aliphatic heterocycles. The van der Waals surface area contributed by atoms with Gasteiger partial charge in [-0.05, 0) is 25.2 Å². The first kappa shape index (κ1) is 16.9. The molecule has 0 radical (unpaired) electrons. The van der Waals surface area contributed by atoms with E-state index in [4.69, 9.17) is 4.74 Å². The van der Waals surface area contributed by atoms with E-state index < -0.39 is 10.2 Å². The van der Waals surface area contributed by atoms with Crippen LogP contribution in [0.5, 0.6) is 0 Å². The monoisotopic (exact) mass is 292 g/mol. The fourth-order valence-corrected chi connectivity index (χ4v) is 3.39. The Bertz CT molecular complexity index is 323. The zero-order valence-electron chi connectivity index (χ0n) is 12.2. The van der Waals surface area contributed by atoms with Crippen molar-refractivity contribution in [1.82, 2.24) is 9.03 Å². The van der Waals surface area contributed by atoms with Crippen LogP contribution in [0.2, 0.25) is 0 Å². The standard InChI is InChI=1S/C13H28N2O3S/c1-13(2)12-18-11-7-8-14-19(16,17)15-9-5-3-4-6-10-15/h13-14H,3-12H2,1-2H3. The van der Waals surface area contributed by atoms with Gasteiger partial charge in [-0.2, -0.15) is 12.7 Å². The number of nitrogens with zero attached hydrogens (tertiary/aromatic N) is 1. The third kappa shape index (κ3) is 7.25. The van der Waals surface area contributed by atoms with Crippen molar-refractivity contribution < 1.29 is 13.2 Å². The summed E-state index contributed by atoms with van der Waals surface area (Å²) in [7, 11) is -3.28. The summed E-state index contributed by atoms with van der Waals surface area (Å²) < 4.78 is 33.8. The van der Waals surface area contributed by atoms with Crippen molar-refractivity contribution in [2.45, 2.75) is 46.0 Å². The van der Waals surface area contributed by atoms with Crippen LogP contribution in [0.1, 0.15) is 46.0 Å². The summed E-state index contributed by atoms with van der Waals surface area (Å²) in [5, 5.41) is 0. The average molecular weight is 292 g/mol. The molecule has 0 atom stereocenters. The molecule has 0 amide bonds. The Labute approximate surface area is 117 Å². The van der Waals surface area contributed by atoms with Gasteiger partial charge in [0.1, 0.15) is 0 Å². The van der Waals surface area contributed by atoms with Crippen LogP contribution in [0.15, 0.2) is 0 Å². The molecule has 0 saturated carbocycles.